The Morgan fingerprint density at radius 3 is 2.64 bits per heavy atom. The van der Waals surface area contributed by atoms with E-state index in [0.29, 0.717) is 17.9 Å². The summed E-state index contributed by atoms with van der Waals surface area (Å²) in [6.45, 7) is 4.04. The Morgan fingerprint density at radius 2 is 1.97 bits per heavy atom. The van der Waals surface area contributed by atoms with Gasteiger partial charge in [-0.25, -0.2) is 9.97 Å². The van der Waals surface area contributed by atoms with Gasteiger partial charge in [0.2, 0.25) is 5.88 Å². The van der Waals surface area contributed by atoms with Crippen molar-refractivity contribution >= 4 is 28.6 Å². The van der Waals surface area contributed by atoms with Crippen LogP contribution in [-0.2, 0) is 6.42 Å². The maximum absolute atomic E-state index is 13.4. The number of pyridine rings is 1. The van der Waals surface area contributed by atoms with Gasteiger partial charge in [0.25, 0.3) is 5.91 Å². The second-order valence-electron chi connectivity index (χ2n) is 9.36. The first-order valence-electron chi connectivity index (χ1n) is 12.1. The van der Waals surface area contributed by atoms with Gasteiger partial charge in [0.05, 0.1) is 31.8 Å². The van der Waals surface area contributed by atoms with E-state index in [1.54, 1.807) is 35.1 Å². The second kappa shape index (κ2) is 9.67. The van der Waals surface area contributed by atoms with Crippen LogP contribution < -0.4 is 4.74 Å². The van der Waals surface area contributed by atoms with E-state index in [1.165, 1.54) is 0 Å². The number of carbonyl (C=O) groups excluding carboxylic acids is 1. The van der Waals surface area contributed by atoms with Crippen molar-refractivity contribution in [1.29, 1.82) is 0 Å². The predicted molar refractivity (Wildman–Crippen MR) is 138 cm³/mol. The molecule has 1 amide bonds. The van der Waals surface area contributed by atoms with Gasteiger partial charge in [-0.05, 0) is 44.9 Å². The maximum atomic E-state index is 13.4. The quantitative estimate of drug-likeness (QED) is 0.359. The molecule has 184 valence electrons. The molecular formula is C26H26N6O2S2. The molecule has 4 aromatic rings. The number of hydrogen-bond donors (Lipinski definition) is 0. The standard InChI is InChI=1S/C26H26N6O2S2/c1-15-25(36-16(2)29-15)22-14-35-24(30-22)10-18-6-5-17(13-27-18)26(33)32-19-7-8-20(32)12-21(11-19)34-23-4-3-9-28-31-23/h3-6,9,13-14,19-21H,7-8,10-12H2,1-2H3/t19-,20+,21?. The van der Waals surface area contributed by atoms with E-state index in [1.807, 2.05) is 38.1 Å². The zero-order valence-corrected chi connectivity index (χ0v) is 21.8. The fourth-order valence-electron chi connectivity index (χ4n) is 5.30. The Morgan fingerprint density at radius 1 is 1.14 bits per heavy atom. The van der Waals surface area contributed by atoms with Gasteiger partial charge in [0, 0.05) is 60.9 Å². The molecule has 6 heterocycles. The van der Waals surface area contributed by atoms with Crippen molar-refractivity contribution in [3.63, 3.8) is 0 Å². The number of piperidine rings is 1. The Kier molecular flexibility index (Phi) is 6.22. The molecule has 0 aliphatic carbocycles. The van der Waals surface area contributed by atoms with Crippen LogP contribution in [-0.4, -0.2) is 54.1 Å². The molecule has 0 aromatic carbocycles. The van der Waals surface area contributed by atoms with Crippen LogP contribution in [0.4, 0.5) is 0 Å². The minimum absolute atomic E-state index is 0.0598. The molecule has 36 heavy (non-hydrogen) atoms. The minimum atomic E-state index is 0.0598. The maximum Gasteiger partial charge on any atom is 0.255 e. The van der Waals surface area contributed by atoms with E-state index in [-0.39, 0.29) is 24.1 Å². The summed E-state index contributed by atoms with van der Waals surface area (Å²) in [5.41, 5.74) is 3.55. The van der Waals surface area contributed by atoms with Crippen molar-refractivity contribution in [3.8, 4) is 16.5 Å². The molecule has 0 radical (unpaired) electrons. The monoisotopic (exact) mass is 518 g/mol. The molecule has 2 aliphatic rings. The summed E-state index contributed by atoms with van der Waals surface area (Å²) in [5.74, 6) is 0.609. The van der Waals surface area contributed by atoms with Crippen LogP contribution >= 0.6 is 22.7 Å². The third kappa shape index (κ3) is 4.62. The van der Waals surface area contributed by atoms with Crippen molar-refractivity contribution in [2.24, 2.45) is 0 Å². The fourth-order valence-corrected chi connectivity index (χ4v) is 7.06. The van der Waals surface area contributed by atoms with Crippen molar-refractivity contribution in [1.82, 2.24) is 30.0 Å². The lowest BCUT2D eigenvalue weighted by molar-refractivity contribution is 0.0345. The van der Waals surface area contributed by atoms with Gasteiger partial charge >= 0.3 is 0 Å². The Hall–Kier alpha value is -3.24. The molecule has 6 rings (SSSR count). The average Bonchev–Trinajstić information content (AvgIpc) is 3.55. The molecule has 4 aromatic heterocycles. The van der Waals surface area contributed by atoms with Crippen LogP contribution in [0.1, 0.15) is 57.4 Å². The van der Waals surface area contributed by atoms with Crippen molar-refractivity contribution in [2.45, 2.75) is 64.1 Å². The van der Waals surface area contributed by atoms with Gasteiger partial charge in [-0.15, -0.1) is 27.8 Å². The molecule has 2 saturated heterocycles. The van der Waals surface area contributed by atoms with Gasteiger partial charge < -0.3 is 9.64 Å². The largest absolute Gasteiger partial charge is 0.473 e. The number of aromatic nitrogens is 5. The number of carbonyl (C=O) groups is 1. The Labute approximate surface area is 217 Å². The van der Waals surface area contributed by atoms with Crippen molar-refractivity contribution < 1.29 is 9.53 Å². The summed E-state index contributed by atoms with van der Waals surface area (Å²) in [4.78, 5) is 30.5. The number of ether oxygens (including phenoxy) is 1. The summed E-state index contributed by atoms with van der Waals surface area (Å²) in [7, 11) is 0. The fraction of sp³-hybridized carbons (Fsp3) is 0.385. The van der Waals surface area contributed by atoms with Crippen LogP contribution in [0, 0.1) is 13.8 Å². The lowest BCUT2D eigenvalue weighted by atomic mass is 9.98. The number of amides is 1. The number of nitrogens with zero attached hydrogens (tertiary/aromatic N) is 6. The highest BCUT2D eigenvalue weighted by atomic mass is 32.1. The normalized spacial score (nSPS) is 21.1. The van der Waals surface area contributed by atoms with Crippen LogP contribution in [0.5, 0.6) is 5.88 Å². The first-order chi connectivity index (χ1) is 17.5. The van der Waals surface area contributed by atoms with Gasteiger partial charge in [-0.1, -0.05) is 0 Å². The molecule has 10 heteroatoms. The third-order valence-electron chi connectivity index (χ3n) is 6.85. The first-order valence-corrected chi connectivity index (χ1v) is 13.8. The molecule has 2 bridgehead atoms. The smallest absolute Gasteiger partial charge is 0.255 e. The van der Waals surface area contributed by atoms with Gasteiger partial charge in [0.1, 0.15) is 6.10 Å². The molecule has 8 nitrogen and oxygen atoms in total. The van der Waals surface area contributed by atoms with Crippen molar-refractivity contribution in [2.75, 3.05) is 0 Å². The summed E-state index contributed by atoms with van der Waals surface area (Å²) < 4.78 is 6.05. The topological polar surface area (TPSA) is 94.0 Å². The lowest BCUT2D eigenvalue weighted by Gasteiger charge is -2.38. The highest BCUT2D eigenvalue weighted by molar-refractivity contribution is 7.16. The molecule has 1 unspecified atom stereocenters. The summed E-state index contributed by atoms with van der Waals surface area (Å²) >= 11 is 3.31. The number of thiazole rings is 2. The summed E-state index contributed by atoms with van der Waals surface area (Å²) in [6.07, 6.45) is 7.70. The highest BCUT2D eigenvalue weighted by Gasteiger charge is 2.44. The molecular weight excluding hydrogens is 492 g/mol. The van der Waals surface area contributed by atoms with E-state index >= 15 is 0 Å². The van der Waals surface area contributed by atoms with Gasteiger partial charge in [0.15, 0.2) is 0 Å². The molecule has 2 aliphatic heterocycles. The minimum Gasteiger partial charge on any atom is -0.473 e. The molecule has 0 N–H and O–H groups in total. The average molecular weight is 519 g/mol. The van der Waals surface area contributed by atoms with Crippen LogP contribution in [0.3, 0.4) is 0 Å². The number of aryl methyl sites for hydroxylation is 2. The van der Waals surface area contributed by atoms with Crippen LogP contribution in [0.15, 0.2) is 42.0 Å². The molecule has 0 saturated carbocycles. The Bertz CT molecular complexity index is 1360. The SMILES string of the molecule is Cc1nc(C)c(-c2csc(Cc3ccc(C(=O)N4[C@@H]5CC[C@H]4CC(Oc4cccnn4)C5)cn3)n2)s1. The zero-order chi connectivity index (χ0) is 24.6. The van der Waals surface area contributed by atoms with E-state index in [2.05, 4.69) is 30.4 Å². The van der Waals surface area contributed by atoms with Crippen LogP contribution in [0.2, 0.25) is 0 Å². The third-order valence-corrected chi connectivity index (χ3v) is 8.80. The van der Waals surface area contributed by atoms with Crippen molar-refractivity contribution in [3.05, 3.63) is 69.0 Å². The molecule has 3 atom stereocenters. The Balaban J connectivity index is 1.10. The lowest BCUT2D eigenvalue weighted by Crippen LogP contribution is -2.49. The number of rotatable bonds is 6. The van der Waals surface area contributed by atoms with E-state index < -0.39 is 0 Å². The molecule has 0 spiro atoms. The van der Waals surface area contributed by atoms with E-state index in [4.69, 9.17) is 9.72 Å². The predicted octanol–water partition coefficient (Wildman–Crippen LogP) is 4.87. The van der Waals surface area contributed by atoms with E-state index in [9.17, 15) is 4.79 Å². The number of hydrogen-bond acceptors (Lipinski definition) is 9. The second-order valence-corrected chi connectivity index (χ2v) is 11.5. The summed E-state index contributed by atoms with van der Waals surface area (Å²) in [6, 6.07) is 7.87. The first kappa shape index (κ1) is 23.2. The van der Waals surface area contributed by atoms with Gasteiger partial charge in [-0.2, -0.15) is 5.10 Å². The van der Waals surface area contributed by atoms with E-state index in [0.717, 1.165) is 57.7 Å². The van der Waals surface area contributed by atoms with Gasteiger partial charge in [-0.3, -0.25) is 9.78 Å². The van der Waals surface area contributed by atoms with Crippen LogP contribution in [0.25, 0.3) is 10.6 Å². The molecule has 2 fully saturated rings. The highest BCUT2D eigenvalue weighted by Crippen LogP contribution is 2.38. The number of fused-ring (bicyclic) bond motifs is 2. The summed E-state index contributed by atoms with van der Waals surface area (Å²) in [5, 5.41) is 12.1. The zero-order valence-electron chi connectivity index (χ0n) is 20.1.